The van der Waals surface area contributed by atoms with Crippen LogP contribution in [0.1, 0.15) is 23.6 Å². The third-order valence-electron chi connectivity index (χ3n) is 5.97. The molecule has 156 valence electrons. The minimum atomic E-state index is -0.511. The molecule has 1 saturated heterocycles. The second-order valence-corrected chi connectivity index (χ2v) is 9.22. The molecule has 1 aliphatic rings. The number of aromatic nitrogens is 1. The van der Waals surface area contributed by atoms with Crippen LogP contribution in [0.3, 0.4) is 0 Å². The van der Waals surface area contributed by atoms with Gasteiger partial charge in [0.05, 0.1) is 0 Å². The van der Waals surface area contributed by atoms with Gasteiger partial charge in [-0.05, 0) is 79.7 Å². The van der Waals surface area contributed by atoms with E-state index < -0.39 is 6.10 Å². The molecule has 0 aliphatic carbocycles. The normalized spacial score (nSPS) is 17.0. The first-order valence-electron chi connectivity index (χ1n) is 10.5. The first-order valence-corrected chi connectivity index (χ1v) is 11.3. The van der Waals surface area contributed by atoms with Crippen LogP contribution < -0.4 is 4.74 Å². The van der Waals surface area contributed by atoms with Crippen molar-refractivity contribution in [2.75, 3.05) is 26.2 Å². The fourth-order valence-electron chi connectivity index (χ4n) is 4.36. The lowest BCUT2D eigenvalue weighted by molar-refractivity contribution is 0.0600. The van der Waals surface area contributed by atoms with Crippen molar-refractivity contribution < 1.29 is 14.9 Å². The summed E-state index contributed by atoms with van der Waals surface area (Å²) in [4.78, 5) is 6.92. The van der Waals surface area contributed by atoms with Crippen LogP contribution in [-0.4, -0.2) is 52.4 Å². The van der Waals surface area contributed by atoms with Gasteiger partial charge in [-0.2, -0.15) is 0 Å². The van der Waals surface area contributed by atoms with Crippen molar-refractivity contribution in [3.8, 4) is 11.5 Å². The van der Waals surface area contributed by atoms with E-state index in [1.54, 1.807) is 17.4 Å². The Balaban J connectivity index is 1.13. The highest BCUT2D eigenvalue weighted by Crippen LogP contribution is 2.37. The average Bonchev–Trinajstić information content (AvgIpc) is 3.39. The highest BCUT2D eigenvalue weighted by molar-refractivity contribution is 7.19. The Kier molecular flexibility index (Phi) is 5.37. The molecule has 2 aromatic carbocycles. The molecule has 3 N–H and O–H groups in total. The number of piperidine rings is 1. The average molecular weight is 423 g/mol. The molecule has 0 spiro atoms. The van der Waals surface area contributed by atoms with Crippen LogP contribution in [0.5, 0.6) is 11.5 Å². The zero-order valence-electron chi connectivity index (χ0n) is 16.8. The number of fused-ring (bicyclic) bond motifs is 2. The summed E-state index contributed by atoms with van der Waals surface area (Å²) in [6, 6.07) is 15.8. The van der Waals surface area contributed by atoms with E-state index in [1.165, 1.54) is 10.3 Å². The van der Waals surface area contributed by atoms with Crippen LogP contribution in [0.15, 0.2) is 54.7 Å². The number of hydrogen-bond acceptors (Lipinski definition) is 5. The van der Waals surface area contributed by atoms with Gasteiger partial charge in [-0.3, -0.25) is 0 Å². The molecule has 0 bridgehead atoms. The molecule has 3 heterocycles. The Hall–Kier alpha value is -2.54. The number of hydrogen-bond donors (Lipinski definition) is 3. The molecule has 4 aromatic rings. The first kappa shape index (κ1) is 19.4. The maximum atomic E-state index is 10.5. The summed E-state index contributed by atoms with van der Waals surface area (Å²) in [5.74, 6) is 1.69. The third kappa shape index (κ3) is 4.03. The molecule has 0 amide bonds. The number of phenols is 1. The molecular formula is C24H26N2O3S. The summed E-state index contributed by atoms with van der Waals surface area (Å²) < 4.78 is 7.05. The van der Waals surface area contributed by atoms with E-state index in [-0.39, 0.29) is 0 Å². The van der Waals surface area contributed by atoms with Gasteiger partial charge in [0.25, 0.3) is 0 Å². The Morgan fingerprint density at radius 1 is 1.13 bits per heavy atom. The molecule has 0 saturated carbocycles. The number of likely N-dealkylation sites (tertiary alicyclic amines) is 1. The number of nitrogens with zero attached hydrogens (tertiary/aromatic N) is 1. The lowest BCUT2D eigenvalue weighted by Gasteiger charge is -2.32. The van der Waals surface area contributed by atoms with Crippen molar-refractivity contribution in [1.82, 2.24) is 9.88 Å². The molecule has 30 heavy (non-hydrogen) atoms. The van der Waals surface area contributed by atoms with Gasteiger partial charge in [-0.25, -0.2) is 0 Å². The van der Waals surface area contributed by atoms with Crippen molar-refractivity contribution >= 4 is 32.3 Å². The van der Waals surface area contributed by atoms with E-state index in [0.29, 0.717) is 24.8 Å². The number of H-pyrrole nitrogens is 1. The minimum absolute atomic E-state index is 0.296. The van der Waals surface area contributed by atoms with Crippen molar-refractivity contribution in [1.29, 1.82) is 0 Å². The second kappa shape index (κ2) is 8.30. The number of benzene rings is 2. The Morgan fingerprint density at radius 2 is 2.00 bits per heavy atom. The van der Waals surface area contributed by atoms with Crippen molar-refractivity contribution in [3.05, 3.63) is 59.6 Å². The quantitative estimate of drug-likeness (QED) is 0.421. The predicted octanol–water partition coefficient (Wildman–Crippen LogP) is 4.71. The number of aromatic amines is 1. The molecule has 5 nitrogen and oxygen atoms in total. The third-order valence-corrected chi connectivity index (χ3v) is 7.23. The minimum Gasteiger partial charge on any atom is -0.508 e. The lowest BCUT2D eigenvalue weighted by Crippen LogP contribution is -2.40. The van der Waals surface area contributed by atoms with E-state index in [4.69, 9.17) is 4.74 Å². The van der Waals surface area contributed by atoms with Crippen molar-refractivity contribution in [2.45, 2.75) is 24.9 Å². The highest BCUT2D eigenvalue weighted by atomic mass is 32.1. The molecule has 1 aliphatic heterocycles. The number of rotatable bonds is 6. The van der Waals surface area contributed by atoms with Gasteiger partial charge in [0.15, 0.2) is 0 Å². The number of aliphatic hydroxyl groups excluding tert-OH is 1. The molecule has 6 heteroatoms. The smallest absolute Gasteiger partial charge is 0.128 e. The standard InChI is InChI=1S/C24H26N2O3S/c27-18-5-4-17-12-23(30-24(17)13-18)16-7-10-26(11-8-16)14-19(28)15-29-22-3-1-2-21-20(22)6-9-25-21/h1-6,9,12-13,16,19,25,27-28H,7-8,10-11,14-15H2/t19-/m0/s1. The molecule has 5 rings (SSSR count). The summed E-state index contributed by atoms with van der Waals surface area (Å²) in [5.41, 5.74) is 1.04. The van der Waals surface area contributed by atoms with Crippen LogP contribution in [0.2, 0.25) is 0 Å². The summed E-state index contributed by atoms with van der Waals surface area (Å²) in [7, 11) is 0. The van der Waals surface area contributed by atoms with Gasteiger partial charge in [0.1, 0.15) is 24.2 Å². The maximum Gasteiger partial charge on any atom is 0.128 e. The van der Waals surface area contributed by atoms with Gasteiger partial charge in [-0.1, -0.05) is 6.07 Å². The Labute approximate surface area is 179 Å². The van der Waals surface area contributed by atoms with Gasteiger partial charge >= 0.3 is 0 Å². The van der Waals surface area contributed by atoms with Gasteiger partial charge < -0.3 is 24.8 Å². The van der Waals surface area contributed by atoms with E-state index >= 15 is 0 Å². The number of thiophene rings is 1. The summed E-state index contributed by atoms with van der Waals surface area (Å²) in [6.07, 6.45) is 3.57. The molecule has 0 unspecified atom stereocenters. The predicted molar refractivity (Wildman–Crippen MR) is 122 cm³/mol. The summed E-state index contributed by atoms with van der Waals surface area (Å²) in [6.45, 7) is 2.89. The number of ether oxygens (including phenoxy) is 1. The van der Waals surface area contributed by atoms with Crippen LogP contribution in [0.4, 0.5) is 0 Å². The number of aromatic hydroxyl groups is 1. The molecule has 1 atom stereocenters. The molecule has 1 fully saturated rings. The van der Waals surface area contributed by atoms with Crippen molar-refractivity contribution in [3.63, 3.8) is 0 Å². The Morgan fingerprint density at radius 3 is 2.87 bits per heavy atom. The van der Waals surface area contributed by atoms with Crippen molar-refractivity contribution in [2.24, 2.45) is 0 Å². The SMILES string of the molecule is Oc1ccc2cc(C3CCN(C[C@H](O)COc4cccc5[nH]ccc45)CC3)sc2c1. The fraction of sp³-hybridized carbons (Fsp3) is 0.333. The Bertz CT molecular complexity index is 1140. The number of nitrogens with one attached hydrogen (secondary N) is 1. The van der Waals surface area contributed by atoms with E-state index in [9.17, 15) is 10.2 Å². The number of aliphatic hydroxyl groups is 1. The van der Waals surface area contributed by atoms with Gasteiger partial charge in [-0.15, -0.1) is 11.3 Å². The fourth-order valence-corrected chi connectivity index (χ4v) is 5.63. The largest absolute Gasteiger partial charge is 0.508 e. The number of phenolic OH excluding ortho intramolecular Hbond substituents is 1. The highest BCUT2D eigenvalue weighted by Gasteiger charge is 2.24. The van der Waals surface area contributed by atoms with Crippen LogP contribution in [0.25, 0.3) is 21.0 Å². The van der Waals surface area contributed by atoms with Gasteiger partial charge in [0.2, 0.25) is 0 Å². The number of β-amino-alcohol motifs (C(OH)–C–C–N with tert-alkyl or cyclic N) is 1. The van der Waals surface area contributed by atoms with E-state index in [2.05, 4.69) is 16.0 Å². The zero-order valence-corrected chi connectivity index (χ0v) is 17.6. The van der Waals surface area contributed by atoms with E-state index in [0.717, 1.165) is 47.3 Å². The lowest BCUT2D eigenvalue weighted by atomic mass is 9.95. The van der Waals surface area contributed by atoms with Crippen LogP contribution in [0, 0.1) is 0 Å². The van der Waals surface area contributed by atoms with Crippen LogP contribution in [-0.2, 0) is 0 Å². The van der Waals surface area contributed by atoms with Gasteiger partial charge in [0, 0.05) is 33.2 Å². The van der Waals surface area contributed by atoms with E-state index in [1.807, 2.05) is 42.6 Å². The summed E-state index contributed by atoms with van der Waals surface area (Å²) >= 11 is 1.79. The second-order valence-electron chi connectivity index (χ2n) is 8.11. The molecule has 0 radical (unpaired) electrons. The summed E-state index contributed by atoms with van der Waals surface area (Å²) in [5, 5.41) is 22.4. The monoisotopic (exact) mass is 422 g/mol. The van der Waals surface area contributed by atoms with Crippen LogP contribution >= 0.6 is 11.3 Å². The maximum absolute atomic E-state index is 10.5. The zero-order chi connectivity index (χ0) is 20.5. The first-order chi connectivity index (χ1) is 14.7. The molecule has 2 aromatic heterocycles. The molecular weight excluding hydrogens is 396 g/mol. The topological polar surface area (TPSA) is 68.7 Å².